The first-order chi connectivity index (χ1) is 12.0. The van der Waals surface area contributed by atoms with Crippen molar-refractivity contribution in [2.75, 3.05) is 5.32 Å². The third-order valence-corrected chi connectivity index (χ3v) is 4.61. The quantitative estimate of drug-likeness (QED) is 0.540. The van der Waals surface area contributed by atoms with Crippen LogP contribution in [0.3, 0.4) is 0 Å². The summed E-state index contributed by atoms with van der Waals surface area (Å²) < 4.78 is 3.43. The van der Waals surface area contributed by atoms with Crippen molar-refractivity contribution in [2.24, 2.45) is 7.05 Å². The molecular formula is C16H11Cl3N6. The van der Waals surface area contributed by atoms with Gasteiger partial charge in [0, 0.05) is 24.5 Å². The third-order valence-electron chi connectivity index (χ3n) is 3.70. The Morgan fingerprint density at radius 2 is 1.80 bits per heavy atom. The number of nitrogens with one attached hydrogen (secondary N) is 1. The summed E-state index contributed by atoms with van der Waals surface area (Å²) in [5.41, 5.74) is 2.12. The Labute approximate surface area is 158 Å². The second-order valence-electron chi connectivity index (χ2n) is 5.38. The fourth-order valence-electron chi connectivity index (χ4n) is 2.47. The minimum Gasteiger partial charge on any atom is -0.334 e. The smallest absolute Gasteiger partial charge is 0.229 e. The van der Waals surface area contributed by atoms with Crippen LogP contribution in [-0.2, 0) is 7.05 Å². The molecule has 3 heterocycles. The zero-order valence-corrected chi connectivity index (χ0v) is 15.2. The fraction of sp³-hybridized carbons (Fsp3) is 0.0625. The van der Waals surface area contributed by atoms with Crippen molar-refractivity contribution in [3.63, 3.8) is 0 Å². The van der Waals surface area contributed by atoms with E-state index in [-0.39, 0.29) is 0 Å². The summed E-state index contributed by atoms with van der Waals surface area (Å²) in [6.07, 6.45) is 5.07. The maximum Gasteiger partial charge on any atom is 0.229 e. The second-order valence-corrected chi connectivity index (χ2v) is 6.58. The first-order valence-corrected chi connectivity index (χ1v) is 8.40. The number of nitrogens with zero attached hydrogens (tertiary/aromatic N) is 5. The molecule has 0 aliphatic heterocycles. The molecule has 4 rings (SSSR count). The molecule has 0 bridgehead atoms. The van der Waals surface area contributed by atoms with Gasteiger partial charge in [-0.25, -0.2) is 9.67 Å². The van der Waals surface area contributed by atoms with E-state index in [0.717, 1.165) is 16.7 Å². The maximum absolute atomic E-state index is 6.43. The number of fused-ring (bicyclic) bond motifs is 1. The molecule has 0 fully saturated rings. The first-order valence-electron chi connectivity index (χ1n) is 7.27. The summed E-state index contributed by atoms with van der Waals surface area (Å²) in [6, 6.07) is 7.22. The van der Waals surface area contributed by atoms with Gasteiger partial charge in [0.05, 0.1) is 28.0 Å². The molecule has 1 aromatic carbocycles. The van der Waals surface area contributed by atoms with Gasteiger partial charge >= 0.3 is 0 Å². The van der Waals surface area contributed by atoms with Gasteiger partial charge in [-0.3, -0.25) is 0 Å². The van der Waals surface area contributed by atoms with E-state index >= 15 is 0 Å². The van der Waals surface area contributed by atoms with Crippen molar-refractivity contribution in [1.29, 1.82) is 0 Å². The van der Waals surface area contributed by atoms with Crippen LogP contribution in [0.4, 0.5) is 11.6 Å². The summed E-state index contributed by atoms with van der Waals surface area (Å²) in [7, 11) is 1.87. The molecule has 126 valence electrons. The molecule has 9 heteroatoms. The Hall–Kier alpha value is -2.28. The number of anilines is 2. The molecule has 4 aromatic rings. The van der Waals surface area contributed by atoms with Gasteiger partial charge in [-0.15, -0.1) is 0 Å². The number of hydrogen-bond acceptors (Lipinski definition) is 4. The number of aryl methyl sites for hydroxylation is 1. The molecule has 0 radical (unpaired) electrons. The first kappa shape index (κ1) is 16.2. The molecule has 0 saturated heterocycles. The average Bonchev–Trinajstić information content (AvgIpc) is 3.09. The van der Waals surface area contributed by atoms with E-state index in [1.807, 2.05) is 23.7 Å². The van der Waals surface area contributed by atoms with E-state index in [1.165, 1.54) is 0 Å². The Morgan fingerprint density at radius 3 is 2.56 bits per heavy atom. The number of hydrogen-bond donors (Lipinski definition) is 1. The van der Waals surface area contributed by atoms with Crippen molar-refractivity contribution in [3.8, 4) is 5.69 Å². The Morgan fingerprint density at radius 1 is 1.04 bits per heavy atom. The van der Waals surface area contributed by atoms with E-state index in [4.69, 9.17) is 34.8 Å². The van der Waals surface area contributed by atoms with Crippen LogP contribution in [-0.4, -0.2) is 24.3 Å². The van der Waals surface area contributed by atoms with E-state index in [1.54, 1.807) is 35.4 Å². The zero-order chi connectivity index (χ0) is 17.6. The van der Waals surface area contributed by atoms with Crippen LogP contribution < -0.4 is 5.32 Å². The summed E-state index contributed by atoms with van der Waals surface area (Å²) in [4.78, 5) is 8.75. The van der Waals surface area contributed by atoms with Crippen LogP contribution in [0.15, 0.2) is 42.9 Å². The summed E-state index contributed by atoms with van der Waals surface area (Å²) in [5, 5.41) is 9.83. The molecule has 0 atom stereocenters. The predicted octanol–water partition coefficient (Wildman–Crippen LogP) is 4.86. The lowest BCUT2D eigenvalue weighted by atomic mass is 10.3. The molecule has 0 unspecified atom stereocenters. The van der Waals surface area contributed by atoms with Crippen molar-refractivity contribution < 1.29 is 0 Å². The number of aromatic nitrogens is 5. The van der Waals surface area contributed by atoms with Crippen LogP contribution in [0, 0.1) is 0 Å². The topological polar surface area (TPSA) is 60.6 Å². The monoisotopic (exact) mass is 392 g/mol. The Balaban J connectivity index is 1.67. The van der Waals surface area contributed by atoms with Gasteiger partial charge in [-0.05, 0) is 24.3 Å². The molecule has 0 aliphatic rings. The van der Waals surface area contributed by atoms with Crippen LogP contribution >= 0.6 is 34.8 Å². The Bertz CT molecular complexity index is 1070. The highest BCUT2D eigenvalue weighted by molar-refractivity contribution is 6.35. The SMILES string of the molecule is Cn1cc(Cl)c2cnc(Nc3cnn(-c4ccc(Cl)cc4)c3Cl)nc21. The lowest BCUT2D eigenvalue weighted by Crippen LogP contribution is -1.99. The summed E-state index contributed by atoms with van der Waals surface area (Å²) >= 11 is 18.5. The average molecular weight is 394 g/mol. The number of benzene rings is 1. The highest BCUT2D eigenvalue weighted by Gasteiger charge is 2.13. The molecular weight excluding hydrogens is 383 g/mol. The highest BCUT2D eigenvalue weighted by Crippen LogP contribution is 2.28. The highest BCUT2D eigenvalue weighted by atomic mass is 35.5. The van der Waals surface area contributed by atoms with Crippen molar-refractivity contribution in [3.05, 3.63) is 58.1 Å². The van der Waals surface area contributed by atoms with Crippen molar-refractivity contribution >= 4 is 57.5 Å². The van der Waals surface area contributed by atoms with Gasteiger partial charge in [0.2, 0.25) is 5.95 Å². The van der Waals surface area contributed by atoms with Gasteiger partial charge in [0.15, 0.2) is 5.15 Å². The van der Waals surface area contributed by atoms with Crippen molar-refractivity contribution in [2.45, 2.75) is 0 Å². The maximum atomic E-state index is 6.43. The van der Waals surface area contributed by atoms with Gasteiger partial charge in [0.25, 0.3) is 0 Å². The summed E-state index contributed by atoms with van der Waals surface area (Å²) in [6.45, 7) is 0. The Kier molecular flexibility index (Phi) is 4.03. The largest absolute Gasteiger partial charge is 0.334 e. The minimum atomic E-state index is 0.405. The second kappa shape index (κ2) is 6.22. The van der Waals surface area contributed by atoms with E-state index in [2.05, 4.69) is 20.4 Å². The molecule has 0 spiro atoms. The van der Waals surface area contributed by atoms with Gasteiger partial charge in [0.1, 0.15) is 5.65 Å². The third kappa shape index (κ3) is 2.93. The van der Waals surface area contributed by atoms with Gasteiger partial charge < -0.3 is 9.88 Å². The van der Waals surface area contributed by atoms with E-state index in [9.17, 15) is 0 Å². The van der Waals surface area contributed by atoms with Gasteiger partial charge in [-0.1, -0.05) is 34.8 Å². The zero-order valence-electron chi connectivity index (χ0n) is 12.9. The fourth-order valence-corrected chi connectivity index (χ4v) is 3.11. The lowest BCUT2D eigenvalue weighted by Gasteiger charge is -2.05. The van der Waals surface area contributed by atoms with Crippen LogP contribution in [0.1, 0.15) is 0 Å². The van der Waals surface area contributed by atoms with Crippen LogP contribution in [0.5, 0.6) is 0 Å². The standard InChI is InChI=1S/C16H11Cl3N6/c1-24-8-12(18)11-6-20-16(23-15(11)24)22-13-7-21-25(14(13)19)10-4-2-9(17)3-5-10/h2-8H,1H3,(H,20,22,23). The van der Waals surface area contributed by atoms with Gasteiger partial charge in [-0.2, -0.15) is 10.1 Å². The molecule has 0 saturated carbocycles. The molecule has 0 amide bonds. The lowest BCUT2D eigenvalue weighted by molar-refractivity contribution is 0.881. The predicted molar refractivity (Wildman–Crippen MR) is 100 cm³/mol. The molecule has 0 aliphatic carbocycles. The normalized spacial score (nSPS) is 11.2. The molecule has 25 heavy (non-hydrogen) atoms. The van der Waals surface area contributed by atoms with E-state index < -0.39 is 0 Å². The molecule has 6 nitrogen and oxygen atoms in total. The summed E-state index contributed by atoms with van der Waals surface area (Å²) in [5.74, 6) is 0.405. The molecule has 1 N–H and O–H groups in total. The molecule has 3 aromatic heterocycles. The van der Waals surface area contributed by atoms with Crippen LogP contribution in [0.2, 0.25) is 15.2 Å². The van der Waals surface area contributed by atoms with Crippen LogP contribution in [0.25, 0.3) is 16.7 Å². The number of rotatable bonds is 3. The number of halogens is 3. The van der Waals surface area contributed by atoms with Crippen molar-refractivity contribution in [1.82, 2.24) is 24.3 Å². The minimum absolute atomic E-state index is 0.405. The van der Waals surface area contributed by atoms with E-state index in [0.29, 0.717) is 26.8 Å².